The van der Waals surface area contributed by atoms with E-state index in [0.717, 1.165) is 19.3 Å². The maximum atomic E-state index is 13.3. The van der Waals surface area contributed by atoms with Crippen molar-refractivity contribution in [2.24, 2.45) is 23.2 Å². The lowest BCUT2D eigenvalue weighted by molar-refractivity contribution is -0.158. The van der Waals surface area contributed by atoms with Gasteiger partial charge in [-0.1, -0.05) is 0 Å². The van der Waals surface area contributed by atoms with Gasteiger partial charge in [-0.3, -0.25) is 4.55 Å². The van der Waals surface area contributed by atoms with Crippen LogP contribution in [0.4, 0.5) is 13.2 Å². The molecule has 0 aromatic heterocycles. The summed E-state index contributed by atoms with van der Waals surface area (Å²) in [5.74, 6) is 1.09. The Morgan fingerprint density at radius 2 is 1.65 bits per heavy atom. The molecule has 4 bridgehead atoms. The zero-order valence-corrected chi connectivity index (χ0v) is 15.0. The summed E-state index contributed by atoms with van der Waals surface area (Å²) in [6.45, 7) is -1.61. The van der Waals surface area contributed by atoms with Gasteiger partial charge in [-0.2, -0.15) is 17.2 Å². The van der Waals surface area contributed by atoms with Crippen LogP contribution in [0.3, 0.4) is 0 Å². The molecular weight excluding hydrogens is 377 g/mol. The van der Waals surface area contributed by atoms with Crippen molar-refractivity contribution < 1.29 is 40.4 Å². The quantitative estimate of drug-likeness (QED) is 0.498. The topological polar surface area (TPSA) is 89.9 Å². The van der Waals surface area contributed by atoms with Crippen LogP contribution < -0.4 is 0 Å². The molecule has 4 saturated carbocycles. The molecule has 1 unspecified atom stereocenters. The first-order chi connectivity index (χ1) is 12.0. The van der Waals surface area contributed by atoms with Crippen molar-refractivity contribution in [3.63, 3.8) is 0 Å². The van der Waals surface area contributed by atoms with Crippen LogP contribution >= 0.6 is 0 Å². The summed E-state index contributed by atoms with van der Waals surface area (Å²) in [5, 5.41) is -5.03. The first kappa shape index (κ1) is 19.9. The van der Waals surface area contributed by atoms with E-state index in [9.17, 15) is 26.4 Å². The van der Waals surface area contributed by atoms with E-state index in [4.69, 9.17) is 9.29 Å². The lowest BCUT2D eigenvalue weighted by atomic mass is 9.50. The van der Waals surface area contributed by atoms with Crippen molar-refractivity contribution in [1.29, 1.82) is 0 Å². The highest BCUT2D eigenvalue weighted by molar-refractivity contribution is 7.86. The molecule has 0 aromatic carbocycles. The Kier molecular flexibility index (Phi) is 5.31. The molecule has 26 heavy (non-hydrogen) atoms. The van der Waals surface area contributed by atoms with Gasteiger partial charge in [-0.25, -0.2) is 9.18 Å². The molecule has 0 radical (unpaired) electrons. The molecule has 0 aliphatic heterocycles. The second kappa shape index (κ2) is 6.94. The zero-order valence-electron chi connectivity index (χ0n) is 14.2. The van der Waals surface area contributed by atoms with E-state index >= 15 is 0 Å². The summed E-state index contributed by atoms with van der Waals surface area (Å²) < 4.78 is 78.1. The van der Waals surface area contributed by atoms with E-state index < -0.39 is 40.7 Å². The van der Waals surface area contributed by atoms with Gasteiger partial charge in [0, 0.05) is 0 Å². The molecule has 6 nitrogen and oxygen atoms in total. The molecule has 0 heterocycles. The van der Waals surface area contributed by atoms with Gasteiger partial charge < -0.3 is 9.47 Å². The summed E-state index contributed by atoms with van der Waals surface area (Å²) in [6, 6.07) is 0. The largest absolute Gasteiger partial charge is 0.461 e. The Balaban J connectivity index is 1.41. The van der Waals surface area contributed by atoms with E-state index in [-0.39, 0.29) is 5.41 Å². The summed E-state index contributed by atoms with van der Waals surface area (Å²) >= 11 is 0. The molecule has 10 heteroatoms. The lowest BCUT2D eigenvalue weighted by Gasteiger charge is -2.56. The molecule has 4 rings (SSSR count). The lowest BCUT2D eigenvalue weighted by Crippen LogP contribution is -2.48. The zero-order chi connectivity index (χ0) is 19.2. The van der Waals surface area contributed by atoms with Gasteiger partial charge in [0.15, 0.2) is 0 Å². The molecule has 4 fully saturated rings. The number of carbonyl (C=O) groups excluding carboxylic acids is 1. The van der Waals surface area contributed by atoms with E-state index in [1.165, 1.54) is 19.3 Å². The number of carbonyl (C=O) groups is 1. The minimum absolute atomic E-state index is 0.0651. The number of esters is 1. The number of hydrogen-bond acceptors (Lipinski definition) is 5. The Hall–Kier alpha value is -0.870. The van der Waals surface area contributed by atoms with Crippen molar-refractivity contribution in [1.82, 2.24) is 0 Å². The SMILES string of the molecule is O=C(COCC12CC3CC(CC(C3)C1)C2)OCC(F)C(F)(F)S(=O)(=O)O. The summed E-state index contributed by atoms with van der Waals surface area (Å²) in [4.78, 5) is 11.5. The summed E-state index contributed by atoms with van der Waals surface area (Å²) in [7, 11) is -5.92. The number of hydrogen-bond donors (Lipinski definition) is 1. The Labute approximate surface area is 150 Å². The molecule has 0 saturated heterocycles. The van der Waals surface area contributed by atoms with Gasteiger partial charge in [0.1, 0.15) is 13.2 Å². The molecular formula is C16H23F3O6S. The molecule has 1 N–H and O–H groups in total. The third kappa shape index (κ3) is 4.01. The third-order valence-corrected chi connectivity index (χ3v) is 6.84. The first-order valence-electron chi connectivity index (χ1n) is 8.73. The average Bonchev–Trinajstić information content (AvgIpc) is 2.49. The minimum atomic E-state index is -5.92. The predicted octanol–water partition coefficient (Wildman–Crippen LogP) is 2.58. The van der Waals surface area contributed by atoms with Crippen molar-refractivity contribution in [3.05, 3.63) is 0 Å². The highest BCUT2D eigenvalue weighted by Crippen LogP contribution is 2.60. The Bertz CT molecular complexity index is 615. The normalized spacial score (nSPS) is 34.7. The van der Waals surface area contributed by atoms with Crippen molar-refractivity contribution in [2.45, 2.75) is 50.0 Å². The van der Waals surface area contributed by atoms with Crippen LogP contribution in [0, 0.1) is 23.2 Å². The van der Waals surface area contributed by atoms with E-state index in [0.29, 0.717) is 24.4 Å². The Morgan fingerprint density at radius 1 is 1.15 bits per heavy atom. The summed E-state index contributed by atoms with van der Waals surface area (Å²) in [5.41, 5.74) is 0.0651. The van der Waals surface area contributed by atoms with Crippen molar-refractivity contribution in [3.8, 4) is 0 Å². The fourth-order valence-electron chi connectivity index (χ4n) is 5.28. The Morgan fingerprint density at radius 3 is 2.12 bits per heavy atom. The second-order valence-corrected chi connectivity index (χ2v) is 9.59. The van der Waals surface area contributed by atoms with Crippen LogP contribution in [0.2, 0.25) is 0 Å². The van der Waals surface area contributed by atoms with Crippen molar-refractivity contribution in [2.75, 3.05) is 19.8 Å². The predicted molar refractivity (Wildman–Crippen MR) is 83.8 cm³/mol. The molecule has 0 aromatic rings. The monoisotopic (exact) mass is 400 g/mol. The van der Waals surface area contributed by atoms with Gasteiger partial charge in [-0.05, 0) is 61.7 Å². The fraction of sp³-hybridized carbons (Fsp3) is 0.938. The standard InChI is InChI=1S/C16H23F3O6S/c17-13(16(18,19)26(21,22)23)7-25-14(20)8-24-9-15-4-10-1-11(5-15)3-12(2-10)6-15/h10-13H,1-9H2,(H,21,22,23). The van der Waals surface area contributed by atoms with E-state index in [1.54, 1.807) is 0 Å². The van der Waals surface area contributed by atoms with Crippen LogP contribution in [0.25, 0.3) is 0 Å². The maximum Gasteiger partial charge on any atom is 0.403 e. The highest BCUT2D eigenvalue weighted by Gasteiger charge is 2.53. The van der Waals surface area contributed by atoms with Gasteiger partial charge in [0.2, 0.25) is 6.17 Å². The van der Waals surface area contributed by atoms with Gasteiger partial charge in [0.05, 0.1) is 6.61 Å². The minimum Gasteiger partial charge on any atom is -0.461 e. The van der Waals surface area contributed by atoms with E-state index in [2.05, 4.69) is 4.74 Å². The number of halogens is 3. The maximum absolute atomic E-state index is 13.3. The molecule has 4 aliphatic rings. The molecule has 0 amide bonds. The average molecular weight is 400 g/mol. The number of alkyl halides is 3. The van der Waals surface area contributed by atoms with Gasteiger partial charge in [0.25, 0.3) is 0 Å². The fourth-order valence-corrected chi connectivity index (χ4v) is 5.68. The van der Waals surface area contributed by atoms with Crippen LogP contribution in [-0.2, 0) is 24.4 Å². The molecule has 0 spiro atoms. The van der Waals surface area contributed by atoms with Gasteiger partial charge in [-0.15, -0.1) is 0 Å². The second-order valence-electron chi connectivity index (χ2n) is 8.10. The third-order valence-electron chi connectivity index (χ3n) is 5.89. The molecule has 4 aliphatic carbocycles. The molecule has 1 atom stereocenters. The smallest absolute Gasteiger partial charge is 0.403 e. The van der Waals surface area contributed by atoms with Crippen LogP contribution in [0.15, 0.2) is 0 Å². The molecule has 150 valence electrons. The van der Waals surface area contributed by atoms with Crippen LogP contribution in [-0.4, -0.2) is 50.2 Å². The number of ether oxygens (including phenoxy) is 2. The summed E-state index contributed by atoms with van der Waals surface area (Å²) in [6.07, 6.45) is 3.65. The van der Waals surface area contributed by atoms with Crippen molar-refractivity contribution >= 4 is 16.1 Å². The van der Waals surface area contributed by atoms with E-state index in [1.807, 2.05) is 0 Å². The number of rotatable bonds is 8. The first-order valence-corrected chi connectivity index (χ1v) is 10.2. The highest BCUT2D eigenvalue weighted by atomic mass is 32.2. The van der Waals surface area contributed by atoms with Crippen LogP contribution in [0.1, 0.15) is 38.5 Å². The van der Waals surface area contributed by atoms with Crippen LogP contribution in [0.5, 0.6) is 0 Å². The van der Waals surface area contributed by atoms with Gasteiger partial charge >= 0.3 is 21.3 Å².